The minimum atomic E-state index is -0.177. The summed E-state index contributed by atoms with van der Waals surface area (Å²) in [6.07, 6.45) is 0. The number of benzene rings is 2. The number of rotatable bonds is 4. The molecule has 0 atom stereocenters. The van der Waals surface area contributed by atoms with Crippen LogP contribution in [-0.4, -0.2) is 30.4 Å². The van der Waals surface area contributed by atoms with Crippen LogP contribution >= 0.6 is 0 Å². The van der Waals surface area contributed by atoms with Gasteiger partial charge in [0.15, 0.2) is 5.82 Å². The number of aryl methyl sites for hydroxylation is 1. The molecule has 0 fully saturated rings. The number of aromatic nitrogens is 6. The van der Waals surface area contributed by atoms with Gasteiger partial charge in [-0.1, -0.05) is 12.1 Å². The number of para-hydroxylation sites is 1. The van der Waals surface area contributed by atoms with E-state index in [2.05, 4.69) is 35.7 Å². The number of nitrogens with one attached hydrogen (secondary N) is 4. The van der Waals surface area contributed by atoms with E-state index in [1.54, 1.807) is 18.2 Å². The fraction of sp³-hybridized carbons (Fsp3) is 0.0526. The normalized spacial score (nSPS) is 11.2. The van der Waals surface area contributed by atoms with E-state index in [9.17, 15) is 4.79 Å². The molecule has 5 aromatic rings. The van der Waals surface area contributed by atoms with Crippen LogP contribution in [0.3, 0.4) is 0 Å². The van der Waals surface area contributed by atoms with E-state index < -0.39 is 0 Å². The predicted molar refractivity (Wildman–Crippen MR) is 105 cm³/mol. The molecular weight excluding hydrogens is 358 g/mol. The molecule has 2 aromatic carbocycles. The summed E-state index contributed by atoms with van der Waals surface area (Å²) in [5, 5.41) is 17.0. The van der Waals surface area contributed by atoms with Crippen molar-refractivity contribution in [1.82, 2.24) is 30.4 Å². The first-order chi connectivity index (χ1) is 13.7. The maximum absolute atomic E-state index is 11.6. The zero-order valence-electron chi connectivity index (χ0n) is 14.8. The van der Waals surface area contributed by atoms with Gasteiger partial charge in [-0.3, -0.25) is 20.1 Å². The van der Waals surface area contributed by atoms with Crippen molar-refractivity contribution in [3.63, 3.8) is 0 Å². The highest BCUT2D eigenvalue weighted by atomic mass is 16.5. The number of anilines is 2. The predicted octanol–water partition coefficient (Wildman–Crippen LogP) is 3.37. The Labute approximate surface area is 157 Å². The summed E-state index contributed by atoms with van der Waals surface area (Å²) in [6, 6.07) is 14.8. The van der Waals surface area contributed by atoms with Gasteiger partial charge in [0.2, 0.25) is 0 Å². The lowest BCUT2D eigenvalue weighted by molar-refractivity contribution is 0.445. The number of nitrogens with zero attached hydrogens (tertiary/aromatic N) is 3. The number of fused-ring (bicyclic) bond motifs is 2. The third-order valence-corrected chi connectivity index (χ3v) is 4.29. The number of hydrogen-bond donors (Lipinski definition) is 4. The first kappa shape index (κ1) is 16.1. The van der Waals surface area contributed by atoms with E-state index in [0.717, 1.165) is 16.6 Å². The highest BCUT2D eigenvalue weighted by molar-refractivity contribution is 5.90. The van der Waals surface area contributed by atoms with Crippen LogP contribution in [0, 0.1) is 6.92 Å². The van der Waals surface area contributed by atoms with Crippen LogP contribution in [0.15, 0.2) is 53.3 Å². The van der Waals surface area contributed by atoms with Gasteiger partial charge in [0.25, 0.3) is 5.56 Å². The molecule has 0 saturated heterocycles. The van der Waals surface area contributed by atoms with Crippen molar-refractivity contribution in [2.45, 2.75) is 6.92 Å². The molecule has 0 aliphatic heterocycles. The maximum Gasteiger partial charge on any atom is 0.324 e. The number of aromatic amines is 3. The van der Waals surface area contributed by atoms with E-state index in [-0.39, 0.29) is 11.6 Å². The lowest BCUT2D eigenvalue weighted by atomic mass is 10.2. The molecule has 0 spiro atoms. The average Bonchev–Trinajstić information content (AvgIpc) is 3.27. The summed E-state index contributed by atoms with van der Waals surface area (Å²) in [5.74, 6) is 1.75. The Morgan fingerprint density at radius 3 is 2.75 bits per heavy atom. The average molecular weight is 373 g/mol. The van der Waals surface area contributed by atoms with Gasteiger partial charge >= 0.3 is 6.01 Å². The second-order valence-corrected chi connectivity index (χ2v) is 6.32. The SMILES string of the molecule is Cc1cc(Nc2nc(Oc3ccc4c(=O)[nH][nH]c4c3)nc3ccccc23)n[nH]1. The molecule has 5 rings (SSSR count). The van der Waals surface area contributed by atoms with Crippen molar-refractivity contribution in [3.8, 4) is 11.8 Å². The lowest BCUT2D eigenvalue weighted by Crippen LogP contribution is -2.00. The first-order valence-corrected chi connectivity index (χ1v) is 8.60. The van der Waals surface area contributed by atoms with E-state index in [1.165, 1.54) is 0 Å². The molecule has 0 amide bonds. The van der Waals surface area contributed by atoms with Gasteiger partial charge < -0.3 is 10.1 Å². The fourth-order valence-electron chi connectivity index (χ4n) is 2.98. The Bertz CT molecular complexity index is 1370. The van der Waals surface area contributed by atoms with E-state index in [0.29, 0.717) is 28.3 Å². The Morgan fingerprint density at radius 1 is 1.00 bits per heavy atom. The highest BCUT2D eigenvalue weighted by Gasteiger charge is 2.11. The number of hydrogen-bond acceptors (Lipinski definition) is 6. The Balaban J connectivity index is 1.55. The van der Waals surface area contributed by atoms with Crippen LogP contribution in [0.4, 0.5) is 11.6 Å². The van der Waals surface area contributed by atoms with Crippen molar-refractivity contribution >= 4 is 33.4 Å². The molecule has 0 saturated carbocycles. The van der Waals surface area contributed by atoms with Crippen LogP contribution in [0.5, 0.6) is 11.8 Å². The van der Waals surface area contributed by atoms with Crippen LogP contribution < -0.4 is 15.6 Å². The van der Waals surface area contributed by atoms with Crippen molar-refractivity contribution in [1.29, 1.82) is 0 Å². The fourth-order valence-corrected chi connectivity index (χ4v) is 2.98. The second-order valence-electron chi connectivity index (χ2n) is 6.32. The Morgan fingerprint density at radius 2 is 1.89 bits per heavy atom. The summed E-state index contributed by atoms with van der Waals surface area (Å²) in [4.78, 5) is 20.6. The lowest BCUT2D eigenvalue weighted by Gasteiger charge is -2.10. The van der Waals surface area contributed by atoms with Crippen LogP contribution in [0.1, 0.15) is 5.69 Å². The standard InChI is InChI=1S/C19H15N7O2/c1-10-8-16(25-23-10)21-17-12-4-2-3-5-14(12)20-19(22-17)28-11-6-7-13-15(9-11)24-26-18(13)27/h2-9H,1H3,(H2,24,26,27)(H2,20,21,22,23,25). The monoisotopic (exact) mass is 373 g/mol. The molecule has 3 heterocycles. The topological polar surface area (TPSA) is 124 Å². The summed E-state index contributed by atoms with van der Waals surface area (Å²) < 4.78 is 5.86. The maximum atomic E-state index is 11.6. The summed E-state index contributed by atoms with van der Waals surface area (Å²) in [7, 11) is 0. The Hall–Kier alpha value is -4.14. The van der Waals surface area contributed by atoms with Gasteiger partial charge in [-0.25, -0.2) is 0 Å². The van der Waals surface area contributed by atoms with Gasteiger partial charge in [0.05, 0.1) is 16.4 Å². The second kappa shape index (κ2) is 6.23. The number of H-pyrrole nitrogens is 3. The Kier molecular flexibility index (Phi) is 3.58. The van der Waals surface area contributed by atoms with Crippen molar-refractivity contribution in [2.75, 3.05) is 5.32 Å². The smallest absolute Gasteiger partial charge is 0.324 e. The third kappa shape index (κ3) is 2.84. The van der Waals surface area contributed by atoms with E-state index >= 15 is 0 Å². The minimum Gasteiger partial charge on any atom is -0.424 e. The molecule has 9 heteroatoms. The molecule has 0 bridgehead atoms. The summed E-state index contributed by atoms with van der Waals surface area (Å²) >= 11 is 0. The largest absolute Gasteiger partial charge is 0.424 e. The summed E-state index contributed by atoms with van der Waals surface area (Å²) in [5.41, 5.74) is 2.14. The van der Waals surface area contributed by atoms with E-state index in [4.69, 9.17) is 4.74 Å². The summed E-state index contributed by atoms with van der Waals surface area (Å²) in [6.45, 7) is 1.92. The van der Waals surface area contributed by atoms with Crippen LogP contribution in [0.2, 0.25) is 0 Å². The van der Waals surface area contributed by atoms with Crippen molar-refractivity contribution in [3.05, 3.63) is 64.6 Å². The quantitative estimate of drug-likeness (QED) is 0.383. The molecule has 4 N–H and O–H groups in total. The van der Waals surface area contributed by atoms with Gasteiger partial charge in [0, 0.05) is 23.2 Å². The molecule has 9 nitrogen and oxygen atoms in total. The molecule has 0 unspecified atom stereocenters. The molecule has 0 radical (unpaired) electrons. The molecule has 138 valence electrons. The van der Waals surface area contributed by atoms with Gasteiger partial charge in [-0.15, -0.1) is 0 Å². The zero-order valence-corrected chi connectivity index (χ0v) is 14.8. The molecule has 3 aromatic heterocycles. The number of ether oxygens (including phenoxy) is 1. The molecule has 0 aliphatic rings. The van der Waals surface area contributed by atoms with Crippen molar-refractivity contribution in [2.24, 2.45) is 0 Å². The van der Waals surface area contributed by atoms with E-state index in [1.807, 2.05) is 37.3 Å². The van der Waals surface area contributed by atoms with Gasteiger partial charge in [0.1, 0.15) is 11.6 Å². The highest BCUT2D eigenvalue weighted by Crippen LogP contribution is 2.28. The zero-order chi connectivity index (χ0) is 19.1. The molecular formula is C19H15N7O2. The molecule has 0 aliphatic carbocycles. The minimum absolute atomic E-state index is 0.177. The van der Waals surface area contributed by atoms with Crippen LogP contribution in [-0.2, 0) is 0 Å². The van der Waals surface area contributed by atoms with Gasteiger partial charge in [-0.2, -0.15) is 15.1 Å². The molecule has 28 heavy (non-hydrogen) atoms. The third-order valence-electron chi connectivity index (χ3n) is 4.29. The van der Waals surface area contributed by atoms with Crippen molar-refractivity contribution < 1.29 is 4.74 Å². The first-order valence-electron chi connectivity index (χ1n) is 8.60. The van der Waals surface area contributed by atoms with Crippen LogP contribution in [0.25, 0.3) is 21.8 Å². The van der Waals surface area contributed by atoms with Gasteiger partial charge in [-0.05, 0) is 31.2 Å².